The third-order valence-electron chi connectivity index (χ3n) is 4.01. The number of ketones is 1. The molecule has 2 aromatic rings. The Morgan fingerprint density at radius 2 is 1.63 bits per heavy atom. The summed E-state index contributed by atoms with van der Waals surface area (Å²) in [6.07, 6.45) is 0.376. The first kappa shape index (κ1) is 20.2. The number of esters is 1. The van der Waals surface area contributed by atoms with Crippen LogP contribution in [0.15, 0.2) is 42.5 Å². The first-order valence-corrected chi connectivity index (χ1v) is 8.68. The third kappa shape index (κ3) is 6.26. The van der Waals surface area contributed by atoms with Gasteiger partial charge in [-0.05, 0) is 61.4 Å². The van der Waals surface area contributed by atoms with E-state index in [0.29, 0.717) is 23.4 Å². The molecule has 1 N–H and O–H groups in total. The number of carbonyl (C=O) groups is 3. The second kappa shape index (κ2) is 9.52. The van der Waals surface area contributed by atoms with E-state index in [9.17, 15) is 14.4 Å². The van der Waals surface area contributed by atoms with Crippen molar-refractivity contribution in [3.8, 4) is 5.75 Å². The highest BCUT2D eigenvalue weighted by molar-refractivity contribution is 5.98. The molecule has 0 radical (unpaired) electrons. The molecule has 0 fully saturated rings. The highest BCUT2D eigenvalue weighted by atomic mass is 16.6. The van der Waals surface area contributed by atoms with Gasteiger partial charge in [0.15, 0.2) is 19.0 Å². The molecule has 142 valence electrons. The van der Waals surface area contributed by atoms with Crippen LogP contribution in [0.25, 0.3) is 0 Å². The molecule has 0 aliphatic carbocycles. The van der Waals surface area contributed by atoms with Gasteiger partial charge in [-0.3, -0.25) is 9.59 Å². The van der Waals surface area contributed by atoms with Crippen LogP contribution in [-0.2, 0) is 14.3 Å². The lowest BCUT2D eigenvalue weighted by atomic mass is 10.1. The summed E-state index contributed by atoms with van der Waals surface area (Å²) in [7, 11) is 0. The zero-order valence-corrected chi connectivity index (χ0v) is 15.7. The summed E-state index contributed by atoms with van der Waals surface area (Å²) in [5, 5.41) is 2.70. The molecule has 2 rings (SSSR count). The Hall–Kier alpha value is -3.15. The maximum Gasteiger partial charge on any atom is 0.344 e. The number of Topliss-reactive ketones (excluding diaryl/α,β-unsaturated/α-hetero) is 1. The van der Waals surface area contributed by atoms with Gasteiger partial charge in [-0.2, -0.15) is 0 Å². The van der Waals surface area contributed by atoms with Gasteiger partial charge in [-0.15, -0.1) is 0 Å². The van der Waals surface area contributed by atoms with Crippen LogP contribution in [0.2, 0.25) is 0 Å². The fraction of sp³-hybridized carbons (Fsp3) is 0.286. The normalized spacial score (nSPS) is 10.2. The van der Waals surface area contributed by atoms with Gasteiger partial charge in [0, 0.05) is 17.7 Å². The highest BCUT2D eigenvalue weighted by Gasteiger charge is 2.11. The van der Waals surface area contributed by atoms with Crippen molar-refractivity contribution in [1.29, 1.82) is 0 Å². The van der Waals surface area contributed by atoms with Gasteiger partial charge in [0.1, 0.15) is 5.75 Å². The summed E-state index contributed by atoms with van der Waals surface area (Å²) in [5.74, 6) is -0.478. The molecule has 0 aromatic heterocycles. The number of ether oxygens (including phenoxy) is 2. The summed E-state index contributed by atoms with van der Waals surface area (Å²) in [4.78, 5) is 35.2. The molecular weight excluding hydrogens is 346 g/mol. The fourth-order valence-corrected chi connectivity index (χ4v) is 2.21. The smallest absolute Gasteiger partial charge is 0.344 e. The molecular formula is C21H23NO5. The molecule has 27 heavy (non-hydrogen) atoms. The average Bonchev–Trinajstić information content (AvgIpc) is 2.67. The van der Waals surface area contributed by atoms with E-state index in [-0.39, 0.29) is 24.9 Å². The maximum absolute atomic E-state index is 12.1. The molecule has 0 saturated heterocycles. The van der Waals surface area contributed by atoms with Gasteiger partial charge in [0.25, 0.3) is 0 Å². The largest absolute Gasteiger partial charge is 0.482 e. The Kier molecular flexibility index (Phi) is 7.11. The second-order valence-corrected chi connectivity index (χ2v) is 6.10. The monoisotopic (exact) mass is 369 g/mol. The predicted octanol–water partition coefficient (Wildman–Crippen LogP) is 3.46. The van der Waals surface area contributed by atoms with Gasteiger partial charge in [0.2, 0.25) is 5.91 Å². The average molecular weight is 369 g/mol. The van der Waals surface area contributed by atoms with Crippen LogP contribution >= 0.6 is 0 Å². The van der Waals surface area contributed by atoms with E-state index >= 15 is 0 Å². The second-order valence-electron chi connectivity index (χ2n) is 6.10. The molecule has 0 aliphatic rings. The van der Waals surface area contributed by atoms with E-state index in [1.807, 2.05) is 26.0 Å². The van der Waals surface area contributed by atoms with Crippen LogP contribution in [0.3, 0.4) is 0 Å². The highest BCUT2D eigenvalue weighted by Crippen LogP contribution is 2.16. The summed E-state index contributed by atoms with van der Waals surface area (Å²) in [6.45, 7) is 5.07. The molecule has 0 atom stereocenters. The minimum absolute atomic E-state index is 0.105. The van der Waals surface area contributed by atoms with E-state index < -0.39 is 5.97 Å². The zero-order chi connectivity index (χ0) is 19.8. The Labute approximate surface area is 158 Å². The van der Waals surface area contributed by atoms with Crippen LogP contribution in [0, 0.1) is 13.8 Å². The standard InChI is InChI=1S/C21H23NO5/c1-4-20(24)22-17-8-6-16(7-9-17)19(23)12-27-21(25)13-26-18-10-5-14(2)15(3)11-18/h5-11H,4,12-13H2,1-3H3,(H,22,24). The number of anilines is 1. The molecule has 0 aliphatic heterocycles. The van der Waals surface area contributed by atoms with E-state index in [2.05, 4.69) is 5.32 Å². The van der Waals surface area contributed by atoms with Crippen LogP contribution in [0.1, 0.15) is 34.8 Å². The quantitative estimate of drug-likeness (QED) is 0.569. The molecule has 1 amide bonds. The molecule has 0 saturated carbocycles. The molecule has 0 spiro atoms. The van der Waals surface area contributed by atoms with E-state index in [0.717, 1.165) is 11.1 Å². The van der Waals surface area contributed by atoms with Crippen molar-refractivity contribution in [2.75, 3.05) is 18.5 Å². The van der Waals surface area contributed by atoms with Crippen molar-refractivity contribution < 1.29 is 23.9 Å². The Morgan fingerprint density at radius 1 is 0.926 bits per heavy atom. The first-order chi connectivity index (χ1) is 12.9. The van der Waals surface area contributed by atoms with Crippen molar-refractivity contribution in [3.05, 3.63) is 59.2 Å². The van der Waals surface area contributed by atoms with Crippen molar-refractivity contribution >= 4 is 23.3 Å². The van der Waals surface area contributed by atoms with E-state index in [1.165, 1.54) is 0 Å². The minimum Gasteiger partial charge on any atom is -0.482 e. The summed E-state index contributed by atoms with van der Waals surface area (Å²) in [5.41, 5.74) is 3.20. The Balaban J connectivity index is 1.79. The van der Waals surface area contributed by atoms with E-state index in [1.54, 1.807) is 37.3 Å². The minimum atomic E-state index is -0.617. The van der Waals surface area contributed by atoms with Gasteiger partial charge >= 0.3 is 5.97 Å². The molecule has 6 nitrogen and oxygen atoms in total. The van der Waals surface area contributed by atoms with Crippen LogP contribution < -0.4 is 10.1 Å². The van der Waals surface area contributed by atoms with Crippen LogP contribution in [-0.4, -0.2) is 30.9 Å². The summed E-state index contributed by atoms with van der Waals surface area (Å²) in [6, 6.07) is 11.9. The van der Waals surface area contributed by atoms with Crippen LogP contribution in [0.4, 0.5) is 5.69 Å². The molecule has 2 aromatic carbocycles. The van der Waals surface area contributed by atoms with Gasteiger partial charge < -0.3 is 14.8 Å². The van der Waals surface area contributed by atoms with E-state index in [4.69, 9.17) is 9.47 Å². The van der Waals surface area contributed by atoms with Gasteiger partial charge in [-0.25, -0.2) is 4.79 Å². The molecule has 0 bridgehead atoms. The van der Waals surface area contributed by atoms with Crippen molar-refractivity contribution in [2.24, 2.45) is 0 Å². The lowest BCUT2D eigenvalue weighted by Crippen LogP contribution is -2.19. The van der Waals surface area contributed by atoms with Crippen molar-refractivity contribution in [1.82, 2.24) is 0 Å². The SMILES string of the molecule is CCC(=O)Nc1ccc(C(=O)COC(=O)COc2ccc(C)c(C)c2)cc1. The molecule has 6 heteroatoms. The molecule has 0 unspecified atom stereocenters. The number of rotatable bonds is 8. The van der Waals surface area contributed by atoms with Crippen molar-refractivity contribution in [2.45, 2.75) is 27.2 Å². The maximum atomic E-state index is 12.1. The van der Waals surface area contributed by atoms with Crippen molar-refractivity contribution in [3.63, 3.8) is 0 Å². The number of nitrogens with one attached hydrogen (secondary N) is 1. The Bertz CT molecular complexity index is 827. The lowest BCUT2D eigenvalue weighted by Gasteiger charge is -2.09. The lowest BCUT2D eigenvalue weighted by molar-refractivity contribution is -0.144. The topological polar surface area (TPSA) is 81.7 Å². The van der Waals surface area contributed by atoms with Crippen LogP contribution in [0.5, 0.6) is 5.75 Å². The number of amides is 1. The predicted molar refractivity (Wildman–Crippen MR) is 102 cm³/mol. The Morgan fingerprint density at radius 3 is 2.26 bits per heavy atom. The number of aryl methyl sites for hydroxylation is 2. The number of hydrogen-bond donors (Lipinski definition) is 1. The first-order valence-electron chi connectivity index (χ1n) is 8.68. The fourth-order valence-electron chi connectivity index (χ4n) is 2.21. The number of benzene rings is 2. The van der Waals surface area contributed by atoms with Gasteiger partial charge in [-0.1, -0.05) is 13.0 Å². The molecule has 0 heterocycles. The van der Waals surface area contributed by atoms with Gasteiger partial charge in [0.05, 0.1) is 0 Å². The number of hydrogen-bond acceptors (Lipinski definition) is 5. The zero-order valence-electron chi connectivity index (χ0n) is 15.7. The summed E-state index contributed by atoms with van der Waals surface area (Å²) >= 11 is 0. The third-order valence-corrected chi connectivity index (χ3v) is 4.01. The number of carbonyl (C=O) groups excluding carboxylic acids is 3. The summed E-state index contributed by atoms with van der Waals surface area (Å²) < 4.78 is 10.3.